The molecule has 0 atom stereocenters. The van der Waals surface area contributed by atoms with Crippen molar-refractivity contribution in [1.82, 2.24) is 10.2 Å². The van der Waals surface area contributed by atoms with E-state index in [9.17, 15) is 8.78 Å². The molecular formula is C24H30F2N4O. The van der Waals surface area contributed by atoms with E-state index in [4.69, 9.17) is 4.74 Å². The van der Waals surface area contributed by atoms with Crippen molar-refractivity contribution in [2.45, 2.75) is 18.3 Å². The molecule has 0 saturated carbocycles. The van der Waals surface area contributed by atoms with Gasteiger partial charge in [-0.2, -0.15) is 0 Å². The van der Waals surface area contributed by atoms with E-state index < -0.39 is 0 Å². The molecule has 31 heavy (non-hydrogen) atoms. The molecule has 0 amide bonds. The van der Waals surface area contributed by atoms with Crippen LogP contribution in [-0.4, -0.2) is 63.8 Å². The zero-order chi connectivity index (χ0) is 21.7. The SMILES string of the molecule is CN=C(NCC1(c2ccc(F)cc2)CCOCC1)N1CCN(c2ccccc2F)CC1. The van der Waals surface area contributed by atoms with Crippen LogP contribution in [0.1, 0.15) is 18.4 Å². The molecule has 2 aliphatic rings. The second-order valence-electron chi connectivity index (χ2n) is 8.23. The van der Waals surface area contributed by atoms with E-state index in [1.54, 1.807) is 13.1 Å². The number of anilines is 1. The topological polar surface area (TPSA) is 40.1 Å². The van der Waals surface area contributed by atoms with Gasteiger partial charge in [0.15, 0.2) is 5.96 Å². The van der Waals surface area contributed by atoms with Gasteiger partial charge >= 0.3 is 0 Å². The molecule has 2 heterocycles. The zero-order valence-electron chi connectivity index (χ0n) is 18.0. The predicted octanol–water partition coefficient (Wildman–Crippen LogP) is 3.41. The van der Waals surface area contributed by atoms with Crippen molar-refractivity contribution in [1.29, 1.82) is 0 Å². The van der Waals surface area contributed by atoms with Gasteiger partial charge in [-0.25, -0.2) is 8.78 Å². The van der Waals surface area contributed by atoms with Crippen LogP contribution in [0, 0.1) is 11.6 Å². The van der Waals surface area contributed by atoms with Gasteiger partial charge in [-0.1, -0.05) is 24.3 Å². The normalized spacial score (nSPS) is 19.4. The highest BCUT2D eigenvalue weighted by Gasteiger charge is 2.35. The molecule has 166 valence electrons. The Bertz CT molecular complexity index is 889. The number of aliphatic imine (C=N–C) groups is 1. The number of para-hydroxylation sites is 1. The van der Waals surface area contributed by atoms with Crippen LogP contribution in [0.25, 0.3) is 0 Å². The molecule has 5 nitrogen and oxygen atoms in total. The number of piperazine rings is 1. The summed E-state index contributed by atoms with van der Waals surface area (Å²) in [6.45, 7) is 5.10. The van der Waals surface area contributed by atoms with Crippen molar-refractivity contribution in [3.05, 3.63) is 65.7 Å². The first-order chi connectivity index (χ1) is 15.1. The van der Waals surface area contributed by atoms with Crippen LogP contribution >= 0.6 is 0 Å². The van der Waals surface area contributed by atoms with Gasteiger partial charge in [0.2, 0.25) is 0 Å². The average Bonchev–Trinajstić information content (AvgIpc) is 2.81. The third kappa shape index (κ3) is 4.82. The Labute approximate surface area is 182 Å². The van der Waals surface area contributed by atoms with Crippen molar-refractivity contribution in [2.24, 2.45) is 4.99 Å². The van der Waals surface area contributed by atoms with E-state index in [0.29, 0.717) is 25.4 Å². The largest absolute Gasteiger partial charge is 0.381 e. The maximum Gasteiger partial charge on any atom is 0.193 e. The Morgan fingerprint density at radius 3 is 2.32 bits per heavy atom. The minimum absolute atomic E-state index is 0.114. The second kappa shape index (κ2) is 9.64. The average molecular weight is 429 g/mol. The maximum atomic E-state index is 14.1. The number of nitrogens with zero attached hydrogens (tertiary/aromatic N) is 3. The summed E-state index contributed by atoms with van der Waals surface area (Å²) in [4.78, 5) is 8.80. The summed E-state index contributed by atoms with van der Waals surface area (Å²) < 4.78 is 33.2. The highest BCUT2D eigenvalue weighted by molar-refractivity contribution is 5.80. The van der Waals surface area contributed by atoms with Gasteiger partial charge in [0.1, 0.15) is 11.6 Å². The second-order valence-corrected chi connectivity index (χ2v) is 8.23. The monoisotopic (exact) mass is 428 g/mol. The number of nitrogens with one attached hydrogen (secondary N) is 1. The van der Waals surface area contributed by atoms with E-state index in [0.717, 1.165) is 50.5 Å². The van der Waals surface area contributed by atoms with Crippen molar-refractivity contribution in [3.63, 3.8) is 0 Å². The first-order valence-corrected chi connectivity index (χ1v) is 10.9. The predicted molar refractivity (Wildman–Crippen MR) is 120 cm³/mol. The van der Waals surface area contributed by atoms with E-state index in [-0.39, 0.29) is 17.0 Å². The number of hydrogen-bond donors (Lipinski definition) is 1. The molecule has 7 heteroatoms. The van der Waals surface area contributed by atoms with Crippen LogP contribution < -0.4 is 10.2 Å². The fraction of sp³-hybridized carbons (Fsp3) is 0.458. The van der Waals surface area contributed by atoms with Crippen molar-refractivity contribution >= 4 is 11.6 Å². The van der Waals surface area contributed by atoms with Crippen LogP contribution in [0.2, 0.25) is 0 Å². The standard InChI is InChI=1S/C24H30F2N4O/c1-27-23(30-14-12-29(13-15-30)22-5-3-2-4-21(22)26)28-18-24(10-16-31-17-11-24)19-6-8-20(25)9-7-19/h2-9H,10-18H2,1H3,(H,27,28). The molecule has 2 aliphatic heterocycles. The van der Waals surface area contributed by atoms with E-state index in [1.807, 2.05) is 24.3 Å². The summed E-state index contributed by atoms with van der Waals surface area (Å²) in [5, 5.41) is 3.56. The molecule has 0 radical (unpaired) electrons. The Morgan fingerprint density at radius 2 is 1.68 bits per heavy atom. The lowest BCUT2D eigenvalue weighted by atomic mass is 9.74. The van der Waals surface area contributed by atoms with Gasteiger partial charge in [-0.05, 0) is 42.7 Å². The van der Waals surface area contributed by atoms with Gasteiger partial charge < -0.3 is 19.9 Å². The van der Waals surface area contributed by atoms with Crippen LogP contribution in [-0.2, 0) is 10.2 Å². The van der Waals surface area contributed by atoms with Crippen molar-refractivity contribution in [2.75, 3.05) is 57.9 Å². The third-order valence-corrected chi connectivity index (χ3v) is 6.48. The molecule has 4 rings (SSSR count). The smallest absolute Gasteiger partial charge is 0.193 e. The Kier molecular flexibility index (Phi) is 6.70. The van der Waals surface area contributed by atoms with E-state index in [2.05, 4.69) is 20.1 Å². The van der Waals surface area contributed by atoms with Gasteiger partial charge in [0.05, 0.1) is 5.69 Å². The summed E-state index contributed by atoms with van der Waals surface area (Å²) in [5.74, 6) is 0.447. The molecule has 0 unspecified atom stereocenters. The van der Waals surface area contributed by atoms with Crippen LogP contribution in [0.15, 0.2) is 53.5 Å². The molecule has 2 saturated heterocycles. The molecule has 2 aromatic rings. The van der Waals surface area contributed by atoms with E-state index in [1.165, 1.54) is 18.2 Å². The first-order valence-electron chi connectivity index (χ1n) is 10.9. The van der Waals surface area contributed by atoms with Gasteiger partial charge in [-0.3, -0.25) is 4.99 Å². The lowest BCUT2D eigenvalue weighted by molar-refractivity contribution is 0.0511. The number of benzene rings is 2. The minimum atomic E-state index is -0.220. The van der Waals surface area contributed by atoms with Crippen LogP contribution in [0.4, 0.5) is 14.5 Å². The third-order valence-electron chi connectivity index (χ3n) is 6.48. The number of hydrogen-bond acceptors (Lipinski definition) is 3. The van der Waals surface area contributed by atoms with Gasteiger partial charge in [0, 0.05) is 58.4 Å². The molecule has 1 N–H and O–H groups in total. The summed E-state index contributed by atoms with van der Waals surface area (Å²) in [5.41, 5.74) is 1.67. The molecule has 0 spiro atoms. The number of guanidine groups is 1. The first kappa shape index (κ1) is 21.6. The van der Waals surface area contributed by atoms with Crippen LogP contribution in [0.3, 0.4) is 0 Å². The molecule has 2 aromatic carbocycles. The van der Waals surface area contributed by atoms with Crippen molar-refractivity contribution in [3.8, 4) is 0 Å². The molecule has 0 aromatic heterocycles. The molecule has 0 bridgehead atoms. The fourth-order valence-corrected chi connectivity index (χ4v) is 4.58. The summed E-state index contributed by atoms with van der Waals surface area (Å²) >= 11 is 0. The Hall–Kier alpha value is -2.67. The van der Waals surface area contributed by atoms with E-state index >= 15 is 0 Å². The van der Waals surface area contributed by atoms with Crippen molar-refractivity contribution < 1.29 is 13.5 Å². The summed E-state index contributed by atoms with van der Waals surface area (Å²) in [6, 6.07) is 13.8. The number of rotatable bonds is 4. The highest BCUT2D eigenvalue weighted by Crippen LogP contribution is 2.34. The molecule has 2 fully saturated rings. The summed E-state index contributed by atoms with van der Waals surface area (Å²) in [6.07, 6.45) is 1.76. The van der Waals surface area contributed by atoms with Gasteiger partial charge in [0.25, 0.3) is 0 Å². The number of halogens is 2. The van der Waals surface area contributed by atoms with Crippen LogP contribution in [0.5, 0.6) is 0 Å². The lowest BCUT2D eigenvalue weighted by Crippen LogP contribution is -2.55. The Balaban J connectivity index is 1.40. The maximum absolute atomic E-state index is 14.1. The molecular weight excluding hydrogens is 398 g/mol. The quantitative estimate of drug-likeness (QED) is 0.599. The highest BCUT2D eigenvalue weighted by atomic mass is 19.1. The fourth-order valence-electron chi connectivity index (χ4n) is 4.58. The lowest BCUT2D eigenvalue weighted by Gasteiger charge is -2.41. The zero-order valence-corrected chi connectivity index (χ0v) is 18.0. The molecule has 0 aliphatic carbocycles. The summed E-state index contributed by atoms with van der Waals surface area (Å²) in [7, 11) is 1.79. The number of ether oxygens (including phenoxy) is 1. The van der Waals surface area contributed by atoms with Gasteiger partial charge in [-0.15, -0.1) is 0 Å². The minimum Gasteiger partial charge on any atom is -0.381 e. The Morgan fingerprint density at radius 1 is 1.00 bits per heavy atom.